The zero-order chi connectivity index (χ0) is 13.7. The van der Waals surface area contributed by atoms with Gasteiger partial charge in [0.1, 0.15) is 5.75 Å². The molecule has 2 rings (SSSR count). The third kappa shape index (κ3) is 3.80. The number of benzene rings is 1. The van der Waals surface area contributed by atoms with Crippen molar-refractivity contribution in [3.05, 3.63) is 59.4 Å². The van der Waals surface area contributed by atoms with E-state index in [0.717, 1.165) is 16.9 Å². The van der Waals surface area contributed by atoms with Crippen LogP contribution < -0.4 is 4.74 Å². The van der Waals surface area contributed by atoms with Gasteiger partial charge in [0.15, 0.2) is 0 Å². The number of aromatic nitrogens is 1. The molecule has 19 heavy (non-hydrogen) atoms. The summed E-state index contributed by atoms with van der Waals surface area (Å²) in [5.74, 6) is 0.833. The number of hydrogen-bond acceptors (Lipinski definition) is 3. The molecule has 0 saturated heterocycles. The largest absolute Gasteiger partial charge is 0.496 e. The molecule has 100 valence electrons. The molecule has 0 saturated carbocycles. The van der Waals surface area contributed by atoms with Crippen LogP contribution in [0, 0.1) is 6.92 Å². The first-order valence-electron chi connectivity index (χ1n) is 6.39. The summed E-state index contributed by atoms with van der Waals surface area (Å²) in [7, 11) is 1.66. The van der Waals surface area contributed by atoms with Gasteiger partial charge in [-0.05, 0) is 42.7 Å². The number of hydrogen-bond donors (Lipinski definition) is 1. The summed E-state index contributed by atoms with van der Waals surface area (Å²) in [6.07, 6.45) is 4.29. The zero-order valence-corrected chi connectivity index (χ0v) is 11.3. The van der Waals surface area contributed by atoms with E-state index in [1.54, 1.807) is 19.5 Å². The van der Waals surface area contributed by atoms with Gasteiger partial charge in [-0.15, -0.1) is 0 Å². The van der Waals surface area contributed by atoms with Crippen molar-refractivity contribution in [3.8, 4) is 5.75 Å². The normalized spacial score (nSPS) is 12.2. The minimum atomic E-state index is -0.418. The van der Waals surface area contributed by atoms with Crippen LogP contribution in [0.4, 0.5) is 0 Å². The highest BCUT2D eigenvalue weighted by Crippen LogP contribution is 2.22. The first kappa shape index (κ1) is 13.6. The van der Waals surface area contributed by atoms with Gasteiger partial charge in [0.05, 0.1) is 13.2 Å². The molecule has 0 radical (unpaired) electrons. The molecule has 0 aliphatic carbocycles. The Bertz CT molecular complexity index is 526. The molecule has 1 heterocycles. The number of rotatable bonds is 5. The Labute approximate surface area is 113 Å². The fourth-order valence-corrected chi connectivity index (χ4v) is 2.18. The molecule has 1 unspecified atom stereocenters. The van der Waals surface area contributed by atoms with Gasteiger partial charge in [0, 0.05) is 18.8 Å². The lowest BCUT2D eigenvalue weighted by molar-refractivity contribution is 0.174. The molecule has 3 nitrogen and oxygen atoms in total. The lowest BCUT2D eigenvalue weighted by Gasteiger charge is -2.14. The van der Waals surface area contributed by atoms with E-state index in [1.807, 2.05) is 31.2 Å². The van der Waals surface area contributed by atoms with Crippen molar-refractivity contribution >= 4 is 0 Å². The smallest absolute Gasteiger partial charge is 0.122 e. The molecule has 3 heteroatoms. The molecule has 1 atom stereocenters. The van der Waals surface area contributed by atoms with Crippen molar-refractivity contribution in [1.82, 2.24) is 4.98 Å². The number of aryl methyl sites for hydroxylation is 1. The summed E-state index contributed by atoms with van der Waals surface area (Å²) < 4.78 is 5.33. The van der Waals surface area contributed by atoms with Crippen LogP contribution >= 0.6 is 0 Å². The van der Waals surface area contributed by atoms with Crippen LogP contribution in [0.25, 0.3) is 0 Å². The second kappa shape index (κ2) is 6.34. The van der Waals surface area contributed by atoms with Crippen LogP contribution in [0.1, 0.15) is 16.7 Å². The minimum Gasteiger partial charge on any atom is -0.496 e. The lowest BCUT2D eigenvalue weighted by Crippen LogP contribution is -2.14. The lowest BCUT2D eigenvalue weighted by atomic mass is 10.00. The van der Waals surface area contributed by atoms with Crippen molar-refractivity contribution in [1.29, 1.82) is 0 Å². The Hall–Kier alpha value is -1.87. The van der Waals surface area contributed by atoms with Crippen LogP contribution in [0.3, 0.4) is 0 Å². The average molecular weight is 257 g/mol. The summed E-state index contributed by atoms with van der Waals surface area (Å²) >= 11 is 0. The van der Waals surface area contributed by atoms with Gasteiger partial charge >= 0.3 is 0 Å². The number of nitrogens with zero attached hydrogens (tertiary/aromatic N) is 1. The highest BCUT2D eigenvalue weighted by Gasteiger charge is 2.11. The minimum absolute atomic E-state index is 0.418. The number of methoxy groups -OCH3 is 1. The Balaban J connectivity index is 2.06. The van der Waals surface area contributed by atoms with E-state index in [4.69, 9.17) is 4.74 Å². The van der Waals surface area contributed by atoms with Crippen molar-refractivity contribution in [2.75, 3.05) is 7.11 Å². The number of ether oxygens (including phenoxy) is 1. The van der Waals surface area contributed by atoms with Crippen LogP contribution in [0.15, 0.2) is 42.7 Å². The Kier molecular flexibility index (Phi) is 4.53. The quantitative estimate of drug-likeness (QED) is 0.895. The maximum atomic E-state index is 10.2. The van der Waals surface area contributed by atoms with E-state index >= 15 is 0 Å². The van der Waals surface area contributed by atoms with Crippen molar-refractivity contribution in [2.24, 2.45) is 0 Å². The summed E-state index contributed by atoms with van der Waals surface area (Å²) in [6.45, 7) is 2.04. The van der Waals surface area contributed by atoms with Crippen molar-refractivity contribution in [2.45, 2.75) is 25.9 Å². The molecule has 0 aliphatic rings. The standard InChI is InChI=1S/C16H19NO2/c1-12-3-4-16(19-2)14(9-12)11-15(18)10-13-5-7-17-8-6-13/h3-9,15,18H,10-11H2,1-2H3. The molecule has 1 N–H and O–H groups in total. The van der Waals surface area contributed by atoms with Crippen molar-refractivity contribution < 1.29 is 9.84 Å². The first-order valence-corrected chi connectivity index (χ1v) is 6.39. The van der Waals surface area contributed by atoms with Crippen LogP contribution in [-0.2, 0) is 12.8 Å². The summed E-state index contributed by atoms with van der Waals surface area (Å²) in [5, 5.41) is 10.2. The number of aliphatic hydroxyl groups is 1. The number of pyridine rings is 1. The van der Waals surface area contributed by atoms with Gasteiger partial charge in [0.2, 0.25) is 0 Å². The van der Waals surface area contributed by atoms with Gasteiger partial charge < -0.3 is 9.84 Å². The van der Waals surface area contributed by atoms with E-state index in [-0.39, 0.29) is 0 Å². The Morgan fingerprint density at radius 2 is 1.89 bits per heavy atom. The Morgan fingerprint density at radius 3 is 2.58 bits per heavy atom. The van der Waals surface area contributed by atoms with Crippen LogP contribution in [0.2, 0.25) is 0 Å². The van der Waals surface area contributed by atoms with Crippen LogP contribution in [-0.4, -0.2) is 23.3 Å². The van der Waals surface area contributed by atoms with E-state index < -0.39 is 6.10 Å². The molecule has 0 bridgehead atoms. The molecular formula is C16H19NO2. The van der Waals surface area contributed by atoms with Gasteiger partial charge in [0.25, 0.3) is 0 Å². The summed E-state index contributed by atoms with van der Waals surface area (Å²) in [5.41, 5.74) is 3.31. The van der Waals surface area contributed by atoms with Gasteiger partial charge in [-0.1, -0.05) is 17.7 Å². The molecule has 1 aromatic carbocycles. The SMILES string of the molecule is COc1ccc(C)cc1CC(O)Cc1ccncc1. The van der Waals surface area contributed by atoms with Crippen LogP contribution in [0.5, 0.6) is 5.75 Å². The summed E-state index contributed by atoms with van der Waals surface area (Å²) in [6, 6.07) is 9.88. The third-order valence-electron chi connectivity index (χ3n) is 3.11. The zero-order valence-electron chi connectivity index (χ0n) is 11.3. The van der Waals surface area contributed by atoms with Gasteiger partial charge in [-0.25, -0.2) is 0 Å². The maximum absolute atomic E-state index is 10.2. The topological polar surface area (TPSA) is 42.4 Å². The molecule has 2 aromatic rings. The molecule has 0 spiro atoms. The van der Waals surface area contributed by atoms with E-state index in [2.05, 4.69) is 11.1 Å². The summed E-state index contributed by atoms with van der Waals surface area (Å²) in [4.78, 5) is 3.97. The van der Waals surface area contributed by atoms with Gasteiger partial charge in [-0.3, -0.25) is 4.98 Å². The predicted octanol–water partition coefficient (Wildman–Crippen LogP) is 2.54. The molecule has 0 fully saturated rings. The van der Waals surface area contributed by atoms with E-state index in [9.17, 15) is 5.11 Å². The monoisotopic (exact) mass is 257 g/mol. The Morgan fingerprint density at radius 1 is 1.16 bits per heavy atom. The first-order chi connectivity index (χ1) is 9.19. The van der Waals surface area contributed by atoms with E-state index in [0.29, 0.717) is 12.8 Å². The molecular weight excluding hydrogens is 238 g/mol. The molecule has 0 aliphatic heterocycles. The highest BCUT2D eigenvalue weighted by molar-refractivity contribution is 5.37. The molecule has 1 aromatic heterocycles. The fourth-order valence-electron chi connectivity index (χ4n) is 2.18. The fraction of sp³-hybridized carbons (Fsp3) is 0.312. The van der Waals surface area contributed by atoms with Crippen molar-refractivity contribution in [3.63, 3.8) is 0 Å². The highest BCUT2D eigenvalue weighted by atomic mass is 16.5. The van der Waals surface area contributed by atoms with E-state index in [1.165, 1.54) is 5.56 Å². The second-order valence-corrected chi connectivity index (χ2v) is 4.73. The third-order valence-corrected chi connectivity index (χ3v) is 3.11. The second-order valence-electron chi connectivity index (χ2n) is 4.73. The predicted molar refractivity (Wildman–Crippen MR) is 75.4 cm³/mol. The van der Waals surface area contributed by atoms with Gasteiger partial charge in [-0.2, -0.15) is 0 Å². The average Bonchev–Trinajstić information content (AvgIpc) is 2.40. The number of aliphatic hydroxyl groups excluding tert-OH is 1. The molecule has 0 amide bonds. The maximum Gasteiger partial charge on any atom is 0.122 e.